The van der Waals surface area contributed by atoms with Gasteiger partial charge in [0.05, 0.1) is 19.4 Å². The van der Waals surface area contributed by atoms with E-state index in [1.54, 1.807) is 7.11 Å². The Bertz CT molecular complexity index is 356. The van der Waals surface area contributed by atoms with Gasteiger partial charge in [0, 0.05) is 23.7 Å². The number of rotatable bonds is 8. The predicted octanol–water partition coefficient (Wildman–Crippen LogP) is 3.93. The Kier molecular flexibility index (Phi) is 7.13. The third-order valence-corrected chi connectivity index (χ3v) is 3.27. The largest absolute Gasteiger partial charge is 0.497 e. The number of hydrogen-bond acceptors (Lipinski definition) is 3. The van der Waals surface area contributed by atoms with Crippen molar-refractivity contribution in [3.05, 3.63) is 22.7 Å². The molecule has 0 aliphatic rings. The molecule has 0 spiro atoms. The molecule has 0 saturated carbocycles. The van der Waals surface area contributed by atoms with Gasteiger partial charge in [0.15, 0.2) is 0 Å². The minimum Gasteiger partial charge on any atom is -0.497 e. The van der Waals surface area contributed by atoms with E-state index in [2.05, 4.69) is 35.1 Å². The van der Waals surface area contributed by atoms with E-state index >= 15 is 0 Å². The molecule has 102 valence electrons. The summed E-state index contributed by atoms with van der Waals surface area (Å²) in [4.78, 5) is 0. The lowest BCUT2D eigenvalue weighted by molar-refractivity contribution is 0.132. The summed E-state index contributed by atoms with van der Waals surface area (Å²) in [6.45, 7) is 6.75. The van der Waals surface area contributed by atoms with Crippen LogP contribution in [-0.4, -0.2) is 26.9 Å². The zero-order valence-electron chi connectivity index (χ0n) is 11.3. The topological polar surface area (TPSA) is 30.5 Å². The van der Waals surface area contributed by atoms with E-state index in [-0.39, 0.29) is 0 Å². The Hall–Kier alpha value is -0.740. The number of nitrogens with one attached hydrogen (secondary N) is 1. The quantitative estimate of drug-likeness (QED) is 0.737. The van der Waals surface area contributed by atoms with E-state index in [0.717, 1.165) is 42.1 Å². The van der Waals surface area contributed by atoms with Gasteiger partial charge in [-0.1, -0.05) is 13.8 Å². The number of ether oxygens (including phenoxy) is 2. The van der Waals surface area contributed by atoms with Crippen LogP contribution in [0.4, 0.5) is 5.69 Å². The van der Waals surface area contributed by atoms with Crippen LogP contribution in [0.15, 0.2) is 22.7 Å². The highest BCUT2D eigenvalue weighted by atomic mass is 79.9. The maximum absolute atomic E-state index is 5.55. The summed E-state index contributed by atoms with van der Waals surface area (Å²) in [6, 6.07) is 5.87. The Morgan fingerprint density at radius 1 is 1.28 bits per heavy atom. The molecule has 0 fully saturated rings. The van der Waals surface area contributed by atoms with Crippen molar-refractivity contribution < 1.29 is 9.47 Å². The molecule has 0 bridgehead atoms. The maximum atomic E-state index is 5.55. The third-order valence-electron chi connectivity index (χ3n) is 2.57. The van der Waals surface area contributed by atoms with Crippen LogP contribution in [0.2, 0.25) is 0 Å². The molecule has 1 aromatic rings. The summed E-state index contributed by atoms with van der Waals surface area (Å²) in [5.74, 6) is 1.55. The van der Waals surface area contributed by atoms with E-state index in [4.69, 9.17) is 9.47 Å². The smallest absolute Gasteiger partial charge is 0.121 e. The summed E-state index contributed by atoms with van der Waals surface area (Å²) in [7, 11) is 1.67. The first-order chi connectivity index (χ1) is 8.63. The molecule has 4 heteroatoms. The third kappa shape index (κ3) is 5.74. The first kappa shape index (κ1) is 15.3. The van der Waals surface area contributed by atoms with Crippen LogP contribution in [0.25, 0.3) is 0 Å². The summed E-state index contributed by atoms with van der Waals surface area (Å²) < 4.78 is 11.8. The van der Waals surface area contributed by atoms with Crippen molar-refractivity contribution >= 4 is 21.6 Å². The molecule has 0 amide bonds. The summed E-state index contributed by atoms with van der Waals surface area (Å²) in [5, 5.41) is 3.32. The lowest BCUT2D eigenvalue weighted by atomic mass is 10.1. The predicted molar refractivity (Wildman–Crippen MR) is 79.5 cm³/mol. The lowest BCUT2D eigenvalue weighted by Gasteiger charge is -2.11. The van der Waals surface area contributed by atoms with Crippen molar-refractivity contribution in [1.29, 1.82) is 0 Å². The van der Waals surface area contributed by atoms with Crippen LogP contribution in [0.5, 0.6) is 5.75 Å². The van der Waals surface area contributed by atoms with Gasteiger partial charge in [-0.25, -0.2) is 0 Å². The fourth-order valence-electron chi connectivity index (χ4n) is 1.45. The monoisotopic (exact) mass is 315 g/mol. The fraction of sp³-hybridized carbons (Fsp3) is 0.571. The first-order valence-corrected chi connectivity index (χ1v) is 7.08. The molecular weight excluding hydrogens is 294 g/mol. The Morgan fingerprint density at radius 3 is 2.72 bits per heavy atom. The fourth-order valence-corrected chi connectivity index (χ4v) is 1.83. The van der Waals surface area contributed by atoms with Gasteiger partial charge in [-0.2, -0.15) is 0 Å². The highest BCUT2D eigenvalue weighted by Crippen LogP contribution is 2.26. The van der Waals surface area contributed by atoms with Gasteiger partial charge < -0.3 is 14.8 Å². The normalized spacial score (nSPS) is 10.7. The minimum absolute atomic E-state index is 0.700. The van der Waals surface area contributed by atoms with Crippen molar-refractivity contribution in [3.63, 3.8) is 0 Å². The SMILES string of the molecule is COc1ccc(Br)c(NCCOCCC(C)C)c1. The number of hydrogen-bond donors (Lipinski definition) is 1. The van der Waals surface area contributed by atoms with E-state index in [1.165, 1.54) is 0 Å². The Morgan fingerprint density at radius 2 is 2.06 bits per heavy atom. The van der Waals surface area contributed by atoms with Crippen molar-refractivity contribution in [2.24, 2.45) is 5.92 Å². The second-order valence-electron chi connectivity index (χ2n) is 4.57. The molecule has 1 N–H and O–H groups in total. The average Bonchev–Trinajstić information content (AvgIpc) is 2.35. The van der Waals surface area contributed by atoms with Gasteiger partial charge in [-0.15, -0.1) is 0 Å². The van der Waals surface area contributed by atoms with Gasteiger partial charge in [-0.3, -0.25) is 0 Å². The van der Waals surface area contributed by atoms with Gasteiger partial charge in [0.2, 0.25) is 0 Å². The average molecular weight is 316 g/mol. The molecular formula is C14H22BrNO2. The second kappa shape index (κ2) is 8.38. The van der Waals surface area contributed by atoms with Crippen LogP contribution in [0, 0.1) is 5.92 Å². The minimum atomic E-state index is 0.700. The van der Waals surface area contributed by atoms with Crippen molar-refractivity contribution in [3.8, 4) is 5.75 Å². The number of benzene rings is 1. The molecule has 0 saturated heterocycles. The molecule has 1 aromatic carbocycles. The van der Waals surface area contributed by atoms with Crippen LogP contribution in [0.3, 0.4) is 0 Å². The van der Waals surface area contributed by atoms with Crippen LogP contribution < -0.4 is 10.1 Å². The molecule has 0 radical (unpaired) electrons. The molecule has 0 heterocycles. The van der Waals surface area contributed by atoms with Crippen LogP contribution >= 0.6 is 15.9 Å². The van der Waals surface area contributed by atoms with Crippen molar-refractivity contribution in [2.45, 2.75) is 20.3 Å². The molecule has 0 aliphatic heterocycles. The van der Waals surface area contributed by atoms with Crippen molar-refractivity contribution in [1.82, 2.24) is 0 Å². The molecule has 0 aromatic heterocycles. The van der Waals surface area contributed by atoms with Crippen LogP contribution in [0.1, 0.15) is 20.3 Å². The second-order valence-corrected chi connectivity index (χ2v) is 5.42. The van der Waals surface area contributed by atoms with E-state index < -0.39 is 0 Å². The van der Waals surface area contributed by atoms with Gasteiger partial charge >= 0.3 is 0 Å². The summed E-state index contributed by atoms with van der Waals surface area (Å²) >= 11 is 3.50. The zero-order chi connectivity index (χ0) is 13.4. The molecule has 0 unspecified atom stereocenters. The number of anilines is 1. The molecule has 0 aliphatic carbocycles. The maximum Gasteiger partial charge on any atom is 0.121 e. The first-order valence-electron chi connectivity index (χ1n) is 6.28. The van der Waals surface area contributed by atoms with Gasteiger partial charge in [-0.05, 0) is 40.4 Å². The molecule has 18 heavy (non-hydrogen) atoms. The summed E-state index contributed by atoms with van der Waals surface area (Å²) in [6.07, 6.45) is 1.11. The molecule has 3 nitrogen and oxygen atoms in total. The molecule has 1 rings (SSSR count). The molecule has 0 atom stereocenters. The van der Waals surface area contributed by atoms with Gasteiger partial charge in [0.1, 0.15) is 5.75 Å². The Labute approximate surface area is 118 Å². The Balaban J connectivity index is 2.26. The highest BCUT2D eigenvalue weighted by Gasteiger charge is 2.01. The zero-order valence-corrected chi connectivity index (χ0v) is 12.9. The lowest BCUT2D eigenvalue weighted by Crippen LogP contribution is -2.11. The van der Waals surface area contributed by atoms with Crippen molar-refractivity contribution in [2.75, 3.05) is 32.2 Å². The standard InChI is InChI=1S/C14H22BrNO2/c1-11(2)6-8-18-9-7-16-14-10-12(17-3)4-5-13(14)15/h4-5,10-11,16H,6-9H2,1-3H3. The summed E-state index contributed by atoms with van der Waals surface area (Å²) in [5.41, 5.74) is 1.03. The number of halogens is 1. The van der Waals surface area contributed by atoms with E-state index in [0.29, 0.717) is 5.92 Å². The van der Waals surface area contributed by atoms with E-state index in [1.807, 2.05) is 18.2 Å². The van der Waals surface area contributed by atoms with Crippen LogP contribution in [-0.2, 0) is 4.74 Å². The van der Waals surface area contributed by atoms with E-state index in [9.17, 15) is 0 Å². The number of methoxy groups -OCH3 is 1. The highest BCUT2D eigenvalue weighted by molar-refractivity contribution is 9.10. The van der Waals surface area contributed by atoms with Gasteiger partial charge in [0.25, 0.3) is 0 Å².